The Hall–Kier alpha value is -3.02. The van der Waals surface area contributed by atoms with Crippen LogP contribution >= 0.6 is 0 Å². The summed E-state index contributed by atoms with van der Waals surface area (Å²) in [6.07, 6.45) is 1.19. The highest BCUT2D eigenvalue weighted by molar-refractivity contribution is 5.99. The molecule has 2 rings (SSSR count). The maximum absolute atomic E-state index is 13.4. The predicted molar refractivity (Wildman–Crippen MR) is 113 cm³/mol. The summed E-state index contributed by atoms with van der Waals surface area (Å²) in [5.74, 6) is -0.528. The second kappa shape index (κ2) is 9.45. The fraction of sp³-hybridized carbons (Fsp3) is 0.391. The molecule has 6 heteroatoms. The van der Waals surface area contributed by atoms with Crippen LogP contribution in [0.1, 0.15) is 50.7 Å². The summed E-state index contributed by atoms with van der Waals surface area (Å²) < 4.78 is 10.7. The fourth-order valence-electron chi connectivity index (χ4n) is 3.52. The summed E-state index contributed by atoms with van der Waals surface area (Å²) in [7, 11) is 3.14. The van der Waals surface area contributed by atoms with E-state index in [9.17, 15) is 14.7 Å². The zero-order valence-corrected chi connectivity index (χ0v) is 17.6. The van der Waals surface area contributed by atoms with E-state index in [1.54, 1.807) is 51.5 Å². The Bertz CT molecular complexity index is 873. The SMILES string of the molecule is CCC(CC)(C(=O)Nc1cccc(C(C)C(=O)O)c1)c1ccc(OC)c(OC)c1. The Balaban J connectivity index is 2.39. The number of methoxy groups -OCH3 is 2. The van der Waals surface area contributed by atoms with Crippen LogP contribution in [0.25, 0.3) is 0 Å². The van der Waals surface area contributed by atoms with Gasteiger partial charge in [-0.15, -0.1) is 0 Å². The molecule has 0 saturated heterocycles. The second-order valence-electron chi connectivity index (χ2n) is 7.00. The number of ether oxygens (including phenoxy) is 2. The average Bonchev–Trinajstić information content (AvgIpc) is 2.74. The van der Waals surface area contributed by atoms with Gasteiger partial charge in [-0.05, 0) is 55.2 Å². The van der Waals surface area contributed by atoms with E-state index in [1.165, 1.54) is 0 Å². The number of carboxylic acids is 1. The number of nitrogens with one attached hydrogen (secondary N) is 1. The lowest BCUT2D eigenvalue weighted by Crippen LogP contribution is -2.39. The molecule has 0 heterocycles. The van der Waals surface area contributed by atoms with Crippen LogP contribution < -0.4 is 14.8 Å². The molecule has 0 aromatic heterocycles. The van der Waals surface area contributed by atoms with Crippen molar-refractivity contribution >= 4 is 17.6 Å². The Morgan fingerprint density at radius 3 is 2.24 bits per heavy atom. The van der Waals surface area contributed by atoms with Crippen LogP contribution in [0, 0.1) is 0 Å². The van der Waals surface area contributed by atoms with Gasteiger partial charge in [0.25, 0.3) is 0 Å². The van der Waals surface area contributed by atoms with Crippen LogP contribution in [0.5, 0.6) is 11.5 Å². The molecule has 0 aliphatic heterocycles. The van der Waals surface area contributed by atoms with Crippen molar-refractivity contribution in [2.24, 2.45) is 0 Å². The van der Waals surface area contributed by atoms with Gasteiger partial charge in [-0.2, -0.15) is 0 Å². The van der Waals surface area contributed by atoms with Crippen molar-refractivity contribution in [1.82, 2.24) is 0 Å². The topological polar surface area (TPSA) is 84.9 Å². The van der Waals surface area contributed by atoms with Crippen LogP contribution in [0.4, 0.5) is 5.69 Å². The Labute approximate surface area is 171 Å². The number of carbonyl (C=O) groups is 2. The summed E-state index contributed by atoms with van der Waals surface area (Å²) in [4.78, 5) is 24.6. The highest BCUT2D eigenvalue weighted by Gasteiger charge is 2.37. The average molecular weight is 399 g/mol. The zero-order chi connectivity index (χ0) is 21.6. The molecule has 0 aliphatic carbocycles. The summed E-state index contributed by atoms with van der Waals surface area (Å²) in [6.45, 7) is 5.57. The summed E-state index contributed by atoms with van der Waals surface area (Å²) >= 11 is 0. The standard InChI is InChI=1S/C23H29NO5/c1-6-23(7-2,17-11-12-19(28-4)20(14-17)29-5)22(27)24-18-10-8-9-16(13-18)15(3)21(25)26/h8-15H,6-7H2,1-5H3,(H,24,27)(H,25,26). The minimum atomic E-state index is -0.907. The van der Waals surface area contributed by atoms with Gasteiger partial charge in [0, 0.05) is 5.69 Å². The Morgan fingerprint density at radius 2 is 1.69 bits per heavy atom. The van der Waals surface area contributed by atoms with Gasteiger partial charge < -0.3 is 19.9 Å². The lowest BCUT2D eigenvalue weighted by molar-refractivity contribution is -0.138. The van der Waals surface area contributed by atoms with E-state index >= 15 is 0 Å². The number of hydrogen-bond acceptors (Lipinski definition) is 4. The molecule has 0 fully saturated rings. The number of benzene rings is 2. The summed E-state index contributed by atoms with van der Waals surface area (Å²) in [6, 6.07) is 12.5. The lowest BCUT2D eigenvalue weighted by Gasteiger charge is -2.31. The molecule has 0 saturated carbocycles. The van der Waals surface area contributed by atoms with Crippen LogP contribution in [0.15, 0.2) is 42.5 Å². The first kappa shape index (κ1) is 22.3. The van der Waals surface area contributed by atoms with Crippen molar-refractivity contribution in [3.63, 3.8) is 0 Å². The molecule has 0 aliphatic rings. The third-order valence-electron chi connectivity index (χ3n) is 5.59. The quantitative estimate of drug-likeness (QED) is 0.644. The van der Waals surface area contributed by atoms with E-state index in [-0.39, 0.29) is 5.91 Å². The van der Waals surface area contributed by atoms with Gasteiger partial charge in [0.2, 0.25) is 5.91 Å². The van der Waals surface area contributed by atoms with Gasteiger partial charge in [0.15, 0.2) is 11.5 Å². The van der Waals surface area contributed by atoms with Crippen molar-refractivity contribution in [3.8, 4) is 11.5 Å². The van der Waals surface area contributed by atoms with E-state index in [4.69, 9.17) is 9.47 Å². The van der Waals surface area contributed by atoms with Crippen LogP contribution in [-0.2, 0) is 15.0 Å². The zero-order valence-electron chi connectivity index (χ0n) is 17.6. The monoisotopic (exact) mass is 399 g/mol. The van der Waals surface area contributed by atoms with Crippen molar-refractivity contribution in [2.45, 2.75) is 44.9 Å². The fourth-order valence-corrected chi connectivity index (χ4v) is 3.52. The number of amides is 1. The molecule has 6 nitrogen and oxygen atoms in total. The molecule has 0 radical (unpaired) electrons. The third kappa shape index (κ3) is 4.53. The molecule has 2 aromatic rings. The molecular formula is C23H29NO5. The minimum Gasteiger partial charge on any atom is -0.493 e. The summed E-state index contributed by atoms with van der Waals surface area (Å²) in [5, 5.41) is 12.2. The number of rotatable bonds is 9. The maximum Gasteiger partial charge on any atom is 0.310 e. The molecule has 0 spiro atoms. The molecule has 1 atom stereocenters. The van der Waals surface area contributed by atoms with Crippen molar-refractivity contribution in [1.29, 1.82) is 0 Å². The number of carbonyl (C=O) groups excluding carboxylic acids is 1. The van der Waals surface area contributed by atoms with Gasteiger partial charge in [0.05, 0.1) is 25.6 Å². The normalized spacial score (nSPS) is 12.2. The highest BCUT2D eigenvalue weighted by Crippen LogP contribution is 2.38. The highest BCUT2D eigenvalue weighted by atomic mass is 16.5. The number of hydrogen-bond donors (Lipinski definition) is 2. The van der Waals surface area contributed by atoms with Crippen LogP contribution in [0.2, 0.25) is 0 Å². The molecule has 2 N–H and O–H groups in total. The van der Waals surface area contributed by atoms with E-state index in [0.717, 1.165) is 5.56 Å². The summed E-state index contributed by atoms with van der Waals surface area (Å²) in [5.41, 5.74) is 1.30. The van der Waals surface area contributed by atoms with Gasteiger partial charge >= 0.3 is 5.97 Å². The first-order chi connectivity index (χ1) is 13.8. The first-order valence-corrected chi connectivity index (χ1v) is 9.69. The third-order valence-corrected chi connectivity index (χ3v) is 5.59. The number of aliphatic carboxylic acids is 1. The van der Waals surface area contributed by atoms with E-state index in [2.05, 4.69) is 5.32 Å². The molecule has 156 valence electrons. The number of carboxylic acid groups (broad SMARTS) is 1. The molecule has 1 amide bonds. The lowest BCUT2D eigenvalue weighted by atomic mass is 9.74. The van der Waals surface area contributed by atoms with Gasteiger partial charge in [-0.3, -0.25) is 9.59 Å². The van der Waals surface area contributed by atoms with Gasteiger partial charge in [-0.1, -0.05) is 32.0 Å². The molecule has 0 bridgehead atoms. The predicted octanol–water partition coefficient (Wildman–Crippen LogP) is 4.59. The smallest absolute Gasteiger partial charge is 0.310 e. The Morgan fingerprint density at radius 1 is 1.03 bits per heavy atom. The molecule has 2 aromatic carbocycles. The second-order valence-corrected chi connectivity index (χ2v) is 7.00. The van der Waals surface area contributed by atoms with Crippen LogP contribution in [-0.4, -0.2) is 31.2 Å². The maximum atomic E-state index is 13.4. The van der Waals surface area contributed by atoms with Crippen LogP contribution in [0.3, 0.4) is 0 Å². The van der Waals surface area contributed by atoms with Gasteiger partial charge in [-0.25, -0.2) is 0 Å². The van der Waals surface area contributed by atoms with E-state index < -0.39 is 17.3 Å². The first-order valence-electron chi connectivity index (χ1n) is 9.69. The molecule has 1 unspecified atom stereocenters. The minimum absolute atomic E-state index is 0.144. The molecular weight excluding hydrogens is 370 g/mol. The molecule has 29 heavy (non-hydrogen) atoms. The number of anilines is 1. The largest absolute Gasteiger partial charge is 0.493 e. The van der Waals surface area contributed by atoms with Crippen molar-refractivity contribution < 1.29 is 24.2 Å². The van der Waals surface area contributed by atoms with Crippen molar-refractivity contribution in [3.05, 3.63) is 53.6 Å². The van der Waals surface area contributed by atoms with E-state index in [0.29, 0.717) is 35.6 Å². The Kier molecular flexibility index (Phi) is 7.26. The van der Waals surface area contributed by atoms with E-state index in [1.807, 2.05) is 26.0 Å². The van der Waals surface area contributed by atoms with Crippen molar-refractivity contribution in [2.75, 3.05) is 19.5 Å². The van der Waals surface area contributed by atoms with Gasteiger partial charge in [0.1, 0.15) is 0 Å².